The van der Waals surface area contributed by atoms with E-state index in [9.17, 15) is 0 Å². The molecule has 1 unspecified atom stereocenters. The van der Waals surface area contributed by atoms with E-state index in [0.717, 1.165) is 46.8 Å². The fourth-order valence-electron chi connectivity index (χ4n) is 6.45. The largest absolute Gasteiger partial charge is 0.355 e. The van der Waals surface area contributed by atoms with E-state index in [1.807, 2.05) is 30.6 Å². The van der Waals surface area contributed by atoms with Crippen LogP contribution in [0.1, 0.15) is 29.0 Å². The smallest absolute Gasteiger partial charge is 0.136 e. The number of aliphatic imine (C=N–C) groups is 1. The van der Waals surface area contributed by atoms with Crippen molar-refractivity contribution in [2.24, 2.45) is 4.99 Å². The highest BCUT2D eigenvalue weighted by Gasteiger charge is 2.20. The summed E-state index contributed by atoms with van der Waals surface area (Å²) >= 11 is 0. The molecule has 3 heteroatoms. The Kier molecular flexibility index (Phi) is 8.70. The Morgan fingerprint density at radius 2 is 1.49 bits per heavy atom. The molecule has 5 aromatic carbocycles. The molecule has 0 radical (unpaired) electrons. The maximum Gasteiger partial charge on any atom is 0.136 e. The average molecular weight is 608 g/mol. The topological polar surface area (TPSA) is 28.5 Å². The second-order valence-electron chi connectivity index (χ2n) is 12.0. The molecule has 0 amide bonds. The maximum absolute atomic E-state index is 5.14. The Bertz CT molecular complexity index is 2090. The van der Waals surface area contributed by atoms with Gasteiger partial charge in [0.2, 0.25) is 0 Å². The van der Waals surface area contributed by atoms with E-state index in [-0.39, 0.29) is 5.92 Å². The van der Waals surface area contributed by atoms with Gasteiger partial charge in [-0.05, 0) is 62.2 Å². The zero-order valence-electron chi connectivity index (χ0n) is 26.6. The summed E-state index contributed by atoms with van der Waals surface area (Å²) in [5, 5.41) is 2.54. The Morgan fingerprint density at radius 1 is 0.766 bits per heavy atom. The van der Waals surface area contributed by atoms with Gasteiger partial charge in [-0.15, -0.1) is 0 Å². The number of allylic oxidation sites excluding steroid dienone is 3. The summed E-state index contributed by atoms with van der Waals surface area (Å²) < 4.78 is 0. The fourth-order valence-corrected chi connectivity index (χ4v) is 6.45. The van der Waals surface area contributed by atoms with Gasteiger partial charge in [0.25, 0.3) is 0 Å². The molecule has 0 bridgehead atoms. The van der Waals surface area contributed by atoms with Gasteiger partial charge in [0.15, 0.2) is 0 Å². The van der Waals surface area contributed by atoms with Crippen LogP contribution in [0.15, 0.2) is 187 Å². The predicted octanol–water partition coefficient (Wildman–Crippen LogP) is 10.6. The second-order valence-corrected chi connectivity index (χ2v) is 12.0. The molecule has 228 valence electrons. The number of nitrogens with zero attached hydrogens (tertiary/aromatic N) is 3. The van der Waals surface area contributed by atoms with Crippen LogP contribution in [0.3, 0.4) is 0 Å². The molecule has 0 saturated heterocycles. The zero-order chi connectivity index (χ0) is 32.0. The van der Waals surface area contributed by atoms with Crippen molar-refractivity contribution >= 4 is 16.6 Å². The van der Waals surface area contributed by atoms with Crippen molar-refractivity contribution in [2.45, 2.75) is 18.9 Å². The van der Waals surface area contributed by atoms with Crippen molar-refractivity contribution in [3.8, 4) is 22.3 Å². The fraction of sp³-hybridized carbons (Fsp3) is 0.0909. The van der Waals surface area contributed by atoms with Crippen LogP contribution in [-0.4, -0.2) is 22.8 Å². The first-order valence-corrected chi connectivity index (χ1v) is 16.1. The van der Waals surface area contributed by atoms with Crippen molar-refractivity contribution in [3.05, 3.63) is 199 Å². The van der Waals surface area contributed by atoms with E-state index in [2.05, 4.69) is 157 Å². The Labute approximate surface area is 277 Å². The average Bonchev–Trinajstić information content (AvgIpc) is 3.14. The first kappa shape index (κ1) is 29.9. The van der Waals surface area contributed by atoms with Gasteiger partial charge in [0, 0.05) is 37.5 Å². The summed E-state index contributed by atoms with van der Waals surface area (Å²) in [5.41, 5.74) is 10.2. The highest BCUT2D eigenvalue weighted by Crippen LogP contribution is 2.40. The van der Waals surface area contributed by atoms with Gasteiger partial charge in [-0.2, -0.15) is 0 Å². The number of amidine groups is 1. The van der Waals surface area contributed by atoms with Crippen LogP contribution >= 0.6 is 0 Å². The quantitative estimate of drug-likeness (QED) is 0.127. The van der Waals surface area contributed by atoms with Crippen molar-refractivity contribution in [1.82, 2.24) is 9.88 Å². The lowest BCUT2D eigenvalue weighted by molar-refractivity contribution is 0.501. The third-order valence-electron chi connectivity index (χ3n) is 8.86. The van der Waals surface area contributed by atoms with Crippen molar-refractivity contribution in [3.63, 3.8) is 0 Å². The number of fused-ring (bicyclic) bond motifs is 1. The van der Waals surface area contributed by atoms with Crippen LogP contribution in [0.4, 0.5) is 0 Å². The highest BCUT2D eigenvalue weighted by atomic mass is 15.2. The molecule has 0 spiro atoms. The molecule has 0 fully saturated rings. The molecule has 3 nitrogen and oxygen atoms in total. The number of hydrogen-bond acceptors (Lipinski definition) is 2. The molecule has 1 aliphatic carbocycles. The lowest BCUT2D eigenvalue weighted by Crippen LogP contribution is -2.27. The zero-order valence-corrected chi connectivity index (χ0v) is 26.6. The van der Waals surface area contributed by atoms with Crippen LogP contribution in [-0.2, 0) is 6.54 Å². The molecule has 6 aromatic rings. The second kappa shape index (κ2) is 13.7. The third kappa shape index (κ3) is 6.61. The summed E-state index contributed by atoms with van der Waals surface area (Å²) in [7, 11) is 2.10. The van der Waals surface area contributed by atoms with Crippen molar-refractivity contribution < 1.29 is 0 Å². The number of aromatic nitrogens is 1. The lowest BCUT2D eigenvalue weighted by atomic mass is 9.82. The van der Waals surface area contributed by atoms with Crippen LogP contribution < -0.4 is 0 Å². The van der Waals surface area contributed by atoms with Crippen LogP contribution in [0.2, 0.25) is 0 Å². The van der Waals surface area contributed by atoms with E-state index in [1.54, 1.807) is 0 Å². The van der Waals surface area contributed by atoms with E-state index in [4.69, 9.17) is 4.99 Å². The Hall–Kier alpha value is -5.80. The standard InChI is InChI=1S/C44H37N3/c1-32(46-44(39-15-7-4-8-16-39)47(2)31-33-12-5-3-6-13-33)34-19-25-38(26-20-34)43-41-18-10-9-14-36(41)27-28-42(43)37-23-21-35(22-24-37)40-17-11-29-45-30-40/h3-25,27-30,38H,1,26,31H2,2H3. The van der Waals surface area contributed by atoms with Gasteiger partial charge < -0.3 is 4.90 Å². The van der Waals surface area contributed by atoms with Gasteiger partial charge in [-0.3, -0.25) is 4.98 Å². The molecule has 1 atom stereocenters. The van der Waals surface area contributed by atoms with E-state index >= 15 is 0 Å². The highest BCUT2D eigenvalue weighted by molar-refractivity contribution is 5.99. The molecule has 1 heterocycles. The van der Waals surface area contributed by atoms with E-state index in [0.29, 0.717) is 0 Å². The molecule has 1 aliphatic rings. The van der Waals surface area contributed by atoms with Gasteiger partial charge in [0.1, 0.15) is 5.84 Å². The predicted molar refractivity (Wildman–Crippen MR) is 197 cm³/mol. The summed E-state index contributed by atoms with van der Waals surface area (Å²) in [5.74, 6) is 1.13. The molecule has 1 aromatic heterocycles. The Balaban J connectivity index is 1.18. The monoisotopic (exact) mass is 607 g/mol. The minimum absolute atomic E-state index is 0.226. The molecular weight excluding hydrogens is 571 g/mol. The SMILES string of the molecule is C=C(N=C(c1ccccc1)N(C)Cc1ccccc1)C1=CCC(c2c(-c3ccc(-c4cccnc4)cc3)ccc3ccccc23)C=C1. The number of benzene rings is 5. The Morgan fingerprint density at radius 3 is 2.21 bits per heavy atom. The maximum atomic E-state index is 5.14. The van der Waals surface area contributed by atoms with Crippen molar-refractivity contribution in [1.29, 1.82) is 0 Å². The van der Waals surface area contributed by atoms with Crippen molar-refractivity contribution in [2.75, 3.05) is 7.05 Å². The first-order chi connectivity index (χ1) is 23.1. The summed E-state index contributed by atoms with van der Waals surface area (Å²) in [6.45, 7) is 5.20. The molecule has 0 aliphatic heterocycles. The molecular formula is C44H37N3. The molecule has 0 N–H and O–H groups in total. The normalized spacial score (nSPS) is 14.5. The summed E-state index contributed by atoms with van der Waals surface area (Å²) in [4.78, 5) is 11.6. The summed E-state index contributed by atoms with van der Waals surface area (Å²) in [6.07, 6.45) is 11.4. The molecule has 47 heavy (non-hydrogen) atoms. The van der Waals surface area contributed by atoms with Crippen LogP contribution in [0.25, 0.3) is 33.0 Å². The van der Waals surface area contributed by atoms with Crippen LogP contribution in [0, 0.1) is 0 Å². The van der Waals surface area contributed by atoms with Gasteiger partial charge >= 0.3 is 0 Å². The van der Waals surface area contributed by atoms with Gasteiger partial charge in [0.05, 0.1) is 5.70 Å². The van der Waals surface area contributed by atoms with E-state index in [1.165, 1.54) is 33.0 Å². The van der Waals surface area contributed by atoms with Crippen LogP contribution in [0.5, 0.6) is 0 Å². The van der Waals surface area contributed by atoms with E-state index < -0.39 is 0 Å². The van der Waals surface area contributed by atoms with Gasteiger partial charge in [-0.1, -0.05) is 152 Å². The minimum Gasteiger partial charge on any atom is -0.355 e. The minimum atomic E-state index is 0.226. The molecule has 0 saturated carbocycles. The number of pyridine rings is 1. The summed E-state index contributed by atoms with van der Waals surface area (Å²) in [6, 6.07) is 47.1. The van der Waals surface area contributed by atoms with Gasteiger partial charge in [-0.25, -0.2) is 4.99 Å². The number of rotatable bonds is 8. The molecule has 7 rings (SSSR count). The first-order valence-electron chi connectivity index (χ1n) is 16.1. The lowest BCUT2D eigenvalue weighted by Gasteiger charge is -2.24. The third-order valence-corrected chi connectivity index (χ3v) is 8.86. The number of hydrogen-bond donors (Lipinski definition) is 0.